The van der Waals surface area contributed by atoms with Crippen LogP contribution in [0.1, 0.15) is 42.6 Å². The van der Waals surface area contributed by atoms with Gasteiger partial charge in [0, 0.05) is 26.6 Å². The second-order valence-electron chi connectivity index (χ2n) is 7.74. The van der Waals surface area contributed by atoms with Gasteiger partial charge in [0.2, 0.25) is 17.8 Å². The van der Waals surface area contributed by atoms with E-state index in [9.17, 15) is 4.79 Å². The van der Waals surface area contributed by atoms with E-state index >= 15 is 0 Å². The Kier molecular flexibility index (Phi) is 8.78. The van der Waals surface area contributed by atoms with Gasteiger partial charge in [-0.3, -0.25) is 10.1 Å². The zero-order chi connectivity index (χ0) is 24.7. The number of aryl methyl sites for hydroxylation is 2. The van der Waals surface area contributed by atoms with Crippen molar-refractivity contribution in [3.8, 4) is 0 Å². The van der Waals surface area contributed by atoms with Crippen LogP contribution in [0.4, 0.5) is 23.5 Å². The van der Waals surface area contributed by atoms with Gasteiger partial charge in [0.1, 0.15) is 11.5 Å². The number of hydrogen-bond acceptors (Lipinski definition) is 8. The number of aromatic nitrogens is 5. The van der Waals surface area contributed by atoms with Crippen molar-refractivity contribution in [3.63, 3.8) is 0 Å². The molecule has 182 valence electrons. The lowest BCUT2D eigenvalue weighted by Gasteiger charge is -2.18. The number of anilines is 4. The third kappa shape index (κ3) is 6.21. The second kappa shape index (κ2) is 11.8. The van der Waals surface area contributed by atoms with Crippen LogP contribution in [-0.4, -0.2) is 61.5 Å². The monoisotopic (exact) mass is 485 g/mol. The van der Waals surface area contributed by atoms with E-state index in [1.54, 1.807) is 17.7 Å². The SMILES string of the molecule is CCc1nc(NCCN(CC)CC)nc(Nc2ncc(C(=O)Nc3c(C)cccc3Cl)n2C)n1. The normalized spacial score (nSPS) is 11.0. The fraction of sp³-hybridized carbons (Fsp3) is 0.435. The molecule has 2 aromatic heterocycles. The number of rotatable bonds is 11. The number of para-hydroxylation sites is 1. The van der Waals surface area contributed by atoms with Gasteiger partial charge in [0.05, 0.1) is 16.9 Å². The van der Waals surface area contributed by atoms with Crippen molar-refractivity contribution in [1.29, 1.82) is 0 Å². The van der Waals surface area contributed by atoms with E-state index in [1.165, 1.54) is 6.20 Å². The standard InChI is InChI=1S/C23H32ClN9O/c1-6-18-27-21(25-12-13-33(7-2)8-3)30-22(28-18)31-23-26-14-17(32(23)5)20(34)29-19-15(4)10-9-11-16(19)24/h9-11,14H,6-8,12-13H2,1-5H3,(H,29,34)(H2,25,26,27,28,30,31). The molecule has 11 heteroatoms. The van der Waals surface area contributed by atoms with Crippen molar-refractivity contribution < 1.29 is 4.79 Å². The van der Waals surface area contributed by atoms with Crippen LogP contribution in [0, 0.1) is 6.92 Å². The summed E-state index contributed by atoms with van der Waals surface area (Å²) in [7, 11) is 1.74. The fourth-order valence-electron chi connectivity index (χ4n) is 3.38. The largest absolute Gasteiger partial charge is 0.353 e. The molecule has 0 unspecified atom stereocenters. The molecule has 0 saturated heterocycles. The molecule has 0 aliphatic rings. The van der Waals surface area contributed by atoms with Crippen LogP contribution in [0.2, 0.25) is 5.02 Å². The summed E-state index contributed by atoms with van der Waals surface area (Å²) in [5.74, 6) is 1.64. The Morgan fingerprint density at radius 1 is 1.12 bits per heavy atom. The Bertz CT molecular complexity index is 1110. The lowest BCUT2D eigenvalue weighted by molar-refractivity contribution is 0.101. The molecule has 0 spiro atoms. The Morgan fingerprint density at radius 2 is 1.85 bits per heavy atom. The first kappa shape index (κ1) is 25.4. The maximum Gasteiger partial charge on any atom is 0.274 e. The van der Waals surface area contributed by atoms with Crippen molar-refractivity contribution >= 4 is 41.0 Å². The fourth-order valence-corrected chi connectivity index (χ4v) is 3.65. The molecule has 34 heavy (non-hydrogen) atoms. The summed E-state index contributed by atoms with van der Waals surface area (Å²) >= 11 is 6.25. The molecule has 0 aliphatic carbocycles. The van der Waals surface area contributed by atoms with Gasteiger partial charge in [-0.1, -0.05) is 44.5 Å². The number of carbonyl (C=O) groups is 1. The maximum atomic E-state index is 12.9. The van der Waals surface area contributed by atoms with E-state index in [1.807, 2.05) is 26.0 Å². The summed E-state index contributed by atoms with van der Waals surface area (Å²) in [6.45, 7) is 11.8. The Balaban J connectivity index is 1.74. The van der Waals surface area contributed by atoms with Gasteiger partial charge in [0.15, 0.2) is 0 Å². The van der Waals surface area contributed by atoms with Crippen LogP contribution in [-0.2, 0) is 13.5 Å². The van der Waals surface area contributed by atoms with Crippen molar-refractivity contribution in [2.24, 2.45) is 7.05 Å². The van der Waals surface area contributed by atoms with E-state index in [0.29, 0.717) is 46.5 Å². The number of nitrogens with one attached hydrogen (secondary N) is 3. The Morgan fingerprint density at radius 3 is 2.53 bits per heavy atom. The molecule has 1 amide bonds. The van der Waals surface area contributed by atoms with Crippen LogP contribution in [0.5, 0.6) is 0 Å². The quantitative estimate of drug-likeness (QED) is 0.375. The summed E-state index contributed by atoms with van der Waals surface area (Å²) in [4.78, 5) is 32.9. The van der Waals surface area contributed by atoms with Gasteiger partial charge in [-0.25, -0.2) is 4.98 Å². The molecule has 10 nitrogen and oxygen atoms in total. The summed E-state index contributed by atoms with van der Waals surface area (Å²) in [5, 5.41) is 9.72. The number of nitrogens with zero attached hydrogens (tertiary/aromatic N) is 6. The topological polar surface area (TPSA) is 113 Å². The second-order valence-corrected chi connectivity index (χ2v) is 8.15. The van der Waals surface area contributed by atoms with Gasteiger partial charge in [-0.2, -0.15) is 15.0 Å². The third-order valence-electron chi connectivity index (χ3n) is 5.51. The van der Waals surface area contributed by atoms with Crippen LogP contribution in [0.25, 0.3) is 0 Å². The highest BCUT2D eigenvalue weighted by molar-refractivity contribution is 6.34. The first-order valence-corrected chi connectivity index (χ1v) is 11.8. The van der Waals surface area contributed by atoms with Crippen LogP contribution in [0.15, 0.2) is 24.4 Å². The molecule has 3 N–H and O–H groups in total. The number of imidazole rings is 1. The van der Waals surface area contributed by atoms with E-state index < -0.39 is 0 Å². The summed E-state index contributed by atoms with van der Waals surface area (Å²) < 4.78 is 1.64. The Hall–Kier alpha value is -3.24. The average molecular weight is 486 g/mol. The molecule has 3 aromatic rings. The predicted octanol–water partition coefficient (Wildman–Crippen LogP) is 3.88. The highest BCUT2D eigenvalue weighted by Gasteiger charge is 2.17. The number of benzene rings is 1. The molecule has 2 heterocycles. The van der Waals surface area contributed by atoms with Crippen LogP contribution in [0.3, 0.4) is 0 Å². The number of hydrogen-bond donors (Lipinski definition) is 3. The van der Waals surface area contributed by atoms with Crippen molar-refractivity contribution in [2.75, 3.05) is 42.1 Å². The van der Waals surface area contributed by atoms with Gasteiger partial charge in [-0.15, -0.1) is 0 Å². The van der Waals surface area contributed by atoms with Crippen LogP contribution < -0.4 is 16.0 Å². The van der Waals surface area contributed by atoms with Crippen molar-refractivity contribution in [1.82, 2.24) is 29.4 Å². The molecule has 0 aliphatic heterocycles. The molecule has 3 rings (SSSR count). The maximum absolute atomic E-state index is 12.9. The molecule has 0 radical (unpaired) electrons. The predicted molar refractivity (Wildman–Crippen MR) is 136 cm³/mol. The molecule has 1 aromatic carbocycles. The number of carbonyl (C=O) groups excluding carboxylic acids is 1. The zero-order valence-electron chi connectivity index (χ0n) is 20.3. The average Bonchev–Trinajstić information content (AvgIpc) is 3.19. The summed E-state index contributed by atoms with van der Waals surface area (Å²) in [6, 6.07) is 5.46. The molecular formula is C23H32ClN9O. The molecule has 0 atom stereocenters. The first-order chi connectivity index (χ1) is 16.4. The highest BCUT2D eigenvalue weighted by Crippen LogP contribution is 2.26. The van der Waals surface area contributed by atoms with E-state index in [4.69, 9.17) is 11.6 Å². The van der Waals surface area contributed by atoms with Gasteiger partial charge < -0.3 is 20.1 Å². The minimum absolute atomic E-state index is 0.317. The van der Waals surface area contributed by atoms with E-state index in [-0.39, 0.29) is 5.91 Å². The molecule has 0 bridgehead atoms. The smallest absolute Gasteiger partial charge is 0.274 e. The van der Waals surface area contributed by atoms with Crippen molar-refractivity contribution in [2.45, 2.75) is 34.1 Å². The van der Waals surface area contributed by atoms with Crippen LogP contribution >= 0.6 is 11.6 Å². The lowest BCUT2D eigenvalue weighted by Crippen LogP contribution is -2.29. The minimum Gasteiger partial charge on any atom is -0.353 e. The first-order valence-electron chi connectivity index (χ1n) is 11.4. The van der Waals surface area contributed by atoms with E-state index in [0.717, 1.165) is 31.7 Å². The molecule has 0 fully saturated rings. The number of halogens is 1. The lowest BCUT2D eigenvalue weighted by atomic mass is 10.2. The summed E-state index contributed by atoms with van der Waals surface area (Å²) in [6.07, 6.45) is 2.16. The van der Waals surface area contributed by atoms with Gasteiger partial charge in [-0.05, 0) is 31.6 Å². The zero-order valence-corrected chi connectivity index (χ0v) is 21.1. The Labute approximate surface area is 205 Å². The highest BCUT2D eigenvalue weighted by atomic mass is 35.5. The number of likely N-dealkylation sites (N-methyl/N-ethyl adjacent to an activating group) is 1. The van der Waals surface area contributed by atoms with Crippen molar-refractivity contribution in [3.05, 3.63) is 46.5 Å². The van der Waals surface area contributed by atoms with E-state index in [2.05, 4.69) is 54.6 Å². The molecular weight excluding hydrogens is 454 g/mol. The summed E-state index contributed by atoms with van der Waals surface area (Å²) in [5.41, 5.74) is 1.82. The third-order valence-corrected chi connectivity index (χ3v) is 5.82. The van der Waals surface area contributed by atoms with Gasteiger partial charge in [0.25, 0.3) is 5.91 Å². The van der Waals surface area contributed by atoms with Gasteiger partial charge >= 0.3 is 0 Å². The molecule has 0 saturated carbocycles. The number of amides is 1. The minimum atomic E-state index is -0.317.